The number of hydrogen-bond donors (Lipinski definition) is 1. The number of rotatable bonds is 0. The molecule has 0 saturated carbocycles. The fourth-order valence-corrected chi connectivity index (χ4v) is 3.95. The minimum absolute atomic E-state index is 0.336. The molecule has 1 atom stereocenters. The van der Waals surface area contributed by atoms with Gasteiger partial charge in [-0.05, 0) is 77.2 Å². The first kappa shape index (κ1) is 16.6. The molecule has 1 aliphatic carbocycles. The molecular formula is C23H26O. The number of phenolic OH excluding ortho intramolecular Hbond substituents is 1. The Kier molecular flexibility index (Phi) is 4.13. The molecule has 0 aliphatic heterocycles. The van der Waals surface area contributed by atoms with Crippen LogP contribution in [0.2, 0.25) is 0 Å². The molecule has 3 aromatic carbocycles. The molecule has 24 heavy (non-hydrogen) atoms. The topological polar surface area (TPSA) is 20.2 Å². The summed E-state index contributed by atoms with van der Waals surface area (Å²) in [4.78, 5) is 0. The van der Waals surface area contributed by atoms with Gasteiger partial charge in [-0.25, -0.2) is 0 Å². The molecule has 0 amide bonds. The Morgan fingerprint density at radius 2 is 1.54 bits per heavy atom. The van der Waals surface area contributed by atoms with Gasteiger partial charge in [0.2, 0.25) is 0 Å². The molecule has 1 unspecified atom stereocenters. The largest absolute Gasteiger partial charge is 0.507 e. The van der Waals surface area contributed by atoms with Gasteiger partial charge in [0.1, 0.15) is 5.75 Å². The van der Waals surface area contributed by atoms with Gasteiger partial charge in [0.25, 0.3) is 0 Å². The molecule has 0 bridgehead atoms. The maximum Gasteiger partial charge on any atom is 0.123 e. The Labute approximate surface area is 145 Å². The first-order valence-corrected chi connectivity index (χ1v) is 8.86. The van der Waals surface area contributed by atoms with Gasteiger partial charge < -0.3 is 5.11 Å². The number of fused-ring (bicyclic) bond motifs is 5. The van der Waals surface area contributed by atoms with E-state index in [-0.39, 0.29) is 0 Å². The minimum Gasteiger partial charge on any atom is -0.507 e. The number of phenols is 1. The molecule has 1 nitrogen and oxygen atoms in total. The smallest absolute Gasteiger partial charge is 0.123 e. The SMILES string of the molecule is CC.Cc1cc2c(O)cc3c(c2c(C)c1C)-c1ccccc1C3C. The summed E-state index contributed by atoms with van der Waals surface area (Å²) in [5.74, 6) is 0.738. The highest BCUT2D eigenvalue weighted by atomic mass is 16.3. The lowest BCUT2D eigenvalue weighted by Gasteiger charge is -2.16. The maximum absolute atomic E-state index is 10.6. The van der Waals surface area contributed by atoms with E-state index in [1.54, 1.807) is 0 Å². The summed E-state index contributed by atoms with van der Waals surface area (Å²) >= 11 is 0. The second kappa shape index (κ2) is 5.98. The zero-order valence-electron chi connectivity index (χ0n) is 15.5. The van der Waals surface area contributed by atoms with Crippen LogP contribution in [0.3, 0.4) is 0 Å². The Balaban J connectivity index is 0.000000815. The van der Waals surface area contributed by atoms with Crippen molar-refractivity contribution in [3.8, 4) is 16.9 Å². The van der Waals surface area contributed by atoms with Crippen molar-refractivity contribution in [1.29, 1.82) is 0 Å². The van der Waals surface area contributed by atoms with Crippen molar-refractivity contribution in [3.05, 3.63) is 64.2 Å². The summed E-state index contributed by atoms with van der Waals surface area (Å²) in [5.41, 5.74) is 9.08. The standard InChI is InChI=1S/C21H20O.C2H6/c1-11-9-18-19(22)10-17-14(4)15-7-5-6-8-16(15)21(17)20(18)13(3)12(11)2;1-2/h5-10,14,22H,1-4H3;1-2H3. The van der Waals surface area contributed by atoms with Gasteiger partial charge in [-0.1, -0.05) is 45.0 Å². The molecule has 0 fully saturated rings. The summed E-state index contributed by atoms with van der Waals surface area (Å²) in [6.45, 7) is 12.7. The third kappa shape index (κ3) is 2.15. The average Bonchev–Trinajstić information content (AvgIpc) is 2.88. The van der Waals surface area contributed by atoms with E-state index in [4.69, 9.17) is 0 Å². The predicted octanol–water partition coefficient (Wildman–Crippen LogP) is 6.63. The molecule has 124 valence electrons. The molecule has 0 saturated heterocycles. The van der Waals surface area contributed by atoms with E-state index in [1.165, 1.54) is 44.3 Å². The van der Waals surface area contributed by atoms with E-state index < -0.39 is 0 Å². The van der Waals surface area contributed by atoms with Gasteiger partial charge in [0.05, 0.1) is 0 Å². The molecule has 0 radical (unpaired) electrons. The number of aryl methyl sites for hydroxylation is 2. The van der Waals surface area contributed by atoms with Gasteiger partial charge >= 0.3 is 0 Å². The third-order valence-electron chi connectivity index (χ3n) is 5.43. The number of aromatic hydroxyl groups is 1. The highest BCUT2D eigenvalue weighted by Crippen LogP contribution is 2.51. The van der Waals surface area contributed by atoms with Crippen molar-refractivity contribution in [2.45, 2.75) is 47.5 Å². The van der Waals surface area contributed by atoms with Crippen LogP contribution < -0.4 is 0 Å². The van der Waals surface area contributed by atoms with Crippen LogP contribution in [0.5, 0.6) is 5.75 Å². The van der Waals surface area contributed by atoms with Gasteiger partial charge in [0, 0.05) is 11.3 Å². The lowest BCUT2D eigenvalue weighted by molar-refractivity contribution is 0.481. The van der Waals surface area contributed by atoms with Crippen molar-refractivity contribution in [2.24, 2.45) is 0 Å². The van der Waals surface area contributed by atoms with Crippen molar-refractivity contribution in [2.75, 3.05) is 0 Å². The van der Waals surface area contributed by atoms with Crippen LogP contribution in [0.25, 0.3) is 21.9 Å². The van der Waals surface area contributed by atoms with Crippen molar-refractivity contribution in [1.82, 2.24) is 0 Å². The average molecular weight is 318 g/mol. The van der Waals surface area contributed by atoms with E-state index >= 15 is 0 Å². The Hall–Kier alpha value is -2.28. The van der Waals surface area contributed by atoms with Crippen LogP contribution >= 0.6 is 0 Å². The zero-order valence-corrected chi connectivity index (χ0v) is 15.5. The van der Waals surface area contributed by atoms with Crippen molar-refractivity contribution >= 4 is 10.8 Å². The third-order valence-corrected chi connectivity index (χ3v) is 5.43. The van der Waals surface area contributed by atoms with Gasteiger partial charge in [0.15, 0.2) is 0 Å². The van der Waals surface area contributed by atoms with E-state index in [0.717, 1.165) is 5.39 Å². The van der Waals surface area contributed by atoms with E-state index in [2.05, 4.69) is 58.0 Å². The highest BCUT2D eigenvalue weighted by Gasteiger charge is 2.29. The van der Waals surface area contributed by atoms with Gasteiger partial charge in [-0.3, -0.25) is 0 Å². The Morgan fingerprint density at radius 1 is 0.875 bits per heavy atom. The van der Waals surface area contributed by atoms with Crippen LogP contribution in [0.1, 0.15) is 54.5 Å². The second-order valence-corrected chi connectivity index (χ2v) is 6.53. The number of hydrogen-bond acceptors (Lipinski definition) is 1. The lowest BCUT2D eigenvalue weighted by atomic mass is 9.89. The summed E-state index contributed by atoms with van der Waals surface area (Å²) in [5, 5.41) is 12.8. The quantitative estimate of drug-likeness (QED) is 0.493. The zero-order chi connectivity index (χ0) is 17.6. The number of benzene rings is 3. The van der Waals surface area contributed by atoms with Gasteiger partial charge in [-0.2, -0.15) is 0 Å². The van der Waals surface area contributed by atoms with E-state index in [1.807, 2.05) is 19.9 Å². The van der Waals surface area contributed by atoms with Crippen LogP contribution in [-0.2, 0) is 0 Å². The first-order valence-electron chi connectivity index (χ1n) is 8.86. The van der Waals surface area contributed by atoms with E-state index in [9.17, 15) is 5.11 Å². The summed E-state index contributed by atoms with van der Waals surface area (Å²) in [6.07, 6.45) is 0. The van der Waals surface area contributed by atoms with Crippen LogP contribution in [0.15, 0.2) is 36.4 Å². The van der Waals surface area contributed by atoms with Gasteiger partial charge in [-0.15, -0.1) is 0 Å². The predicted molar refractivity (Wildman–Crippen MR) is 104 cm³/mol. The van der Waals surface area contributed by atoms with E-state index in [0.29, 0.717) is 11.7 Å². The monoisotopic (exact) mass is 318 g/mol. The summed E-state index contributed by atoms with van der Waals surface area (Å²) in [6, 6.07) is 12.7. The molecule has 1 N–H and O–H groups in total. The lowest BCUT2D eigenvalue weighted by Crippen LogP contribution is -1.94. The summed E-state index contributed by atoms with van der Waals surface area (Å²) < 4.78 is 0. The Bertz CT molecular complexity index is 935. The molecule has 4 rings (SSSR count). The molecule has 0 heterocycles. The normalized spacial score (nSPS) is 14.8. The molecule has 0 spiro atoms. The molecule has 0 aromatic heterocycles. The maximum atomic E-state index is 10.6. The van der Waals surface area contributed by atoms with Crippen molar-refractivity contribution in [3.63, 3.8) is 0 Å². The fraction of sp³-hybridized carbons (Fsp3) is 0.304. The fourth-order valence-electron chi connectivity index (χ4n) is 3.95. The highest BCUT2D eigenvalue weighted by molar-refractivity contribution is 6.06. The molecular weight excluding hydrogens is 292 g/mol. The summed E-state index contributed by atoms with van der Waals surface area (Å²) in [7, 11) is 0. The second-order valence-electron chi connectivity index (χ2n) is 6.53. The first-order chi connectivity index (χ1) is 11.5. The minimum atomic E-state index is 0.336. The van der Waals surface area contributed by atoms with Crippen LogP contribution in [-0.4, -0.2) is 5.11 Å². The molecule has 3 aromatic rings. The van der Waals surface area contributed by atoms with Crippen molar-refractivity contribution < 1.29 is 5.11 Å². The van der Waals surface area contributed by atoms with Crippen LogP contribution in [0.4, 0.5) is 0 Å². The van der Waals surface area contributed by atoms with Crippen LogP contribution in [0, 0.1) is 20.8 Å². The molecule has 1 aliphatic rings. The molecule has 1 heteroatoms. The Morgan fingerprint density at radius 3 is 2.25 bits per heavy atom.